The molecule has 0 aromatic heterocycles. The van der Waals surface area contributed by atoms with Gasteiger partial charge in [0.1, 0.15) is 0 Å². The molecule has 116 valence electrons. The first-order valence-corrected chi connectivity index (χ1v) is 6.50. The molecule has 2 rings (SSSR count). The van der Waals surface area contributed by atoms with Gasteiger partial charge in [0.2, 0.25) is 0 Å². The Balaban J connectivity index is 1.90. The van der Waals surface area contributed by atoms with Crippen molar-refractivity contribution in [2.24, 2.45) is 0 Å². The van der Waals surface area contributed by atoms with Gasteiger partial charge in [-0.1, -0.05) is 12.1 Å². The SMILES string of the molecule is O=C(NCC1CNCCO1)Nc1ccccc1C(F)(F)F. The second-order valence-corrected chi connectivity index (χ2v) is 4.58. The Kier molecular flexibility index (Phi) is 5.03. The van der Waals surface area contributed by atoms with Gasteiger partial charge in [-0.15, -0.1) is 0 Å². The molecule has 0 aliphatic carbocycles. The summed E-state index contributed by atoms with van der Waals surface area (Å²) in [5.41, 5.74) is -1.15. The summed E-state index contributed by atoms with van der Waals surface area (Å²) in [5, 5.41) is 7.80. The minimum atomic E-state index is -4.51. The van der Waals surface area contributed by atoms with Gasteiger partial charge in [0.25, 0.3) is 0 Å². The Morgan fingerprint density at radius 1 is 1.38 bits per heavy atom. The molecule has 0 saturated carbocycles. The van der Waals surface area contributed by atoms with Gasteiger partial charge in [-0.05, 0) is 12.1 Å². The average Bonchev–Trinajstić information content (AvgIpc) is 2.46. The van der Waals surface area contributed by atoms with Crippen molar-refractivity contribution < 1.29 is 22.7 Å². The van der Waals surface area contributed by atoms with Crippen LogP contribution in [0.4, 0.5) is 23.7 Å². The number of halogens is 3. The van der Waals surface area contributed by atoms with Gasteiger partial charge in [-0.2, -0.15) is 13.2 Å². The highest BCUT2D eigenvalue weighted by Gasteiger charge is 2.33. The molecule has 1 aliphatic rings. The summed E-state index contributed by atoms with van der Waals surface area (Å²) in [4.78, 5) is 11.7. The number of benzene rings is 1. The molecule has 0 radical (unpaired) electrons. The first-order chi connectivity index (χ1) is 9.97. The van der Waals surface area contributed by atoms with Gasteiger partial charge >= 0.3 is 12.2 Å². The number of hydrogen-bond acceptors (Lipinski definition) is 3. The second kappa shape index (κ2) is 6.77. The van der Waals surface area contributed by atoms with E-state index in [1.165, 1.54) is 18.2 Å². The zero-order valence-electron chi connectivity index (χ0n) is 11.2. The number of carbonyl (C=O) groups is 1. The number of hydrogen-bond donors (Lipinski definition) is 3. The van der Waals surface area contributed by atoms with Gasteiger partial charge in [-0.25, -0.2) is 4.79 Å². The van der Waals surface area contributed by atoms with E-state index in [1.54, 1.807) is 0 Å². The fraction of sp³-hybridized carbons (Fsp3) is 0.462. The molecule has 0 spiro atoms. The number of para-hydroxylation sites is 1. The number of ether oxygens (including phenoxy) is 1. The highest BCUT2D eigenvalue weighted by Crippen LogP contribution is 2.34. The highest BCUT2D eigenvalue weighted by molar-refractivity contribution is 5.90. The van der Waals surface area contributed by atoms with E-state index >= 15 is 0 Å². The monoisotopic (exact) mass is 303 g/mol. The average molecular weight is 303 g/mol. The fourth-order valence-electron chi connectivity index (χ4n) is 1.96. The number of morpholine rings is 1. The Bertz CT molecular complexity index is 488. The maximum Gasteiger partial charge on any atom is 0.418 e. The number of amides is 2. The quantitative estimate of drug-likeness (QED) is 0.798. The van der Waals surface area contributed by atoms with Crippen LogP contribution in [-0.4, -0.2) is 38.4 Å². The molecule has 8 heteroatoms. The van der Waals surface area contributed by atoms with Crippen LogP contribution in [0.3, 0.4) is 0 Å². The van der Waals surface area contributed by atoms with Crippen molar-refractivity contribution in [2.45, 2.75) is 12.3 Å². The van der Waals surface area contributed by atoms with E-state index in [9.17, 15) is 18.0 Å². The lowest BCUT2D eigenvalue weighted by Gasteiger charge is -2.24. The molecule has 1 atom stereocenters. The van der Waals surface area contributed by atoms with Crippen LogP contribution in [-0.2, 0) is 10.9 Å². The number of anilines is 1. The Labute approximate surface area is 119 Å². The molecule has 1 saturated heterocycles. The van der Waals surface area contributed by atoms with Crippen LogP contribution in [0.25, 0.3) is 0 Å². The van der Waals surface area contributed by atoms with Crippen molar-refractivity contribution >= 4 is 11.7 Å². The summed E-state index contributed by atoms with van der Waals surface area (Å²) in [6, 6.07) is 4.14. The maximum absolute atomic E-state index is 12.8. The third-order valence-electron chi connectivity index (χ3n) is 2.98. The van der Waals surface area contributed by atoms with E-state index in [2.05, 4.69) is 16.0 Å². The summed E-state index contributed by atoms with van der Waals surface area (Å²) < 4.78 is 43.7. The number of urea groups is 1. The largest absolute Gasteiger partial charge is 0.418 e. The Morgan fingerprint density at radius 3 is 2.81 bits per heavy atom. The summed E-state index contributed by atoms with van der Waals surface area (Å²) in [6.07, 6.45) is -4.69. The lowest BCUT2D eigenvalue weighted by molar-refractivity contribution is -0.136. The molecule has 2 amide bonds. The van der Waals surface area contributed by atoms with Crippen LogP contribution < -0.4 is 16.0 Å². The molecule has 1 aromatic carbocycles. The number of nitrogens with one attached hydrogen (secondary N) is 3. The minimum absolute atomic E-state index is 0.178. The van der Waals surface area contributed by atoms with Crippen molar-refractivity contribution in [3.05, 3.63) is 29.8 Å². The van der Waals surface area contributed by atoms with Crippen LogP contribution in [0.1, 0.15) is 5.56 Å². The molecule has 21 heavy (non-hydrogen) atoms. The molecule has 0 bridgehead atoms. The van der Waals surface area contributed by atoms with Gasteiger partial charge < -0.3 is 20.7 Å². The summed E-state index contributed by atoms with van der Waals surface area (Å²) in [7, 11) is 0. The number of rotatable bonds is 3. The number of carbonyl (C=O) groups excluding carboxylic acids is 1. The molecular weight excluding hydrogens is 287 g/mol. The van der Waals surface area contributed by atoms with Gasteiger partial charge in [-0.3, -0.25) is 0 Å². The highest BCUT2D eigenvalue weighted by atomic mass is 19.4. The molecule has 1 heterocycles. The van der Waals surface area contributed by atoms with E-state index in [0.717, 1.165) is 12.6 Å². The van der Waals surface area contributed by atoms with E-state index in [1.807, 2.05) is 0 Å². The first kappa shape index (κ1) is 15.6. The van der Waals surface area contributed by atoms with Crippen LogP contribution in [0.15, 0.2) is 24.3 Å². The van der Waals surface area contributed by atoms with Crippen molar-refractivity contribution in [1.29, 1.82) is 0 Å². The van der Waals surface area contributed by atoms with Crippen molar-refractivity contribution in [1.82, 2.24) is 10.6 Å². The molecular formula is C13H16F3N3O2. The summed E-state index contributed by atoms with van der Waals surface area (Å²) >= 11 is 0. The smallest absolute Gasteiger partial charge is 0.374 e. The predicted octanol–water partition coefficient (Wildman–Crippen LogP) is 1.82. The normalized spacial score (nSPS) is 19.1. The molecule has 1 aliphatic heterocycles. The van der Waals surface area contributed by atoms with Crippen LogP contribution in [0.2, 0.25) is 0 Å². The first-order valence-electron chi connectivity index (χ1n) is 6.50. The van der Waals surface area contributed by atoms with E-state index in [0.29, 0.717) is 13.2 Å². The lowest BCUT2D eigenvalue weighted by atomic mass is 10.1. The van der Waals surface area contributed by atoms with Crippen LogP contribution in [0.5, 0.6) is 0 Å². The molecule has 5 nitrogen and oxygen atoms in total. The summed E-state index contributed by atoms with van der Waals surface area (Å²) in [5.74, 6) is 0. The molecule has 1 aromatic rings. The summed E-state index contributed by atoms with van der Waals surface area (Å²) in [6.45, 7) is 2.12. The Hall–Kier alpha value is -1.80. The van der Waals surface area contributed by atoms with Crippen molar-refractivity contribution in [3.63, 3.8) is 0 Å². The van der Waals surface area contributed by atoms with Crippen LogP contribution >= 0.6 is 0 Å². The maximum atomic E-state index is 12.8. The standard InChI is InChI=1S/C13H16F3N3O2/c14-13(15,16)10-3-1-2-4-11(10)19-12(20)18-8-9-7-17-5-6-21-9/h1-4,9,17H,5-8H2,(H2,18,19,20). The molecule has 3 N–H and O–H groups in total. The predicted molar refractivity (Wildman–Crippen MR) is 71.1 cm³/mol. The van der Waals surface area contributed by atoms with Gasteiger partial charge in [0.15, 0.2) is 0 Å². The zero-order valence-corrected chi connectivity index (χ0v) is 11.2. The number of alkyl halides is 3. The fourth-order valence-corrected chi connectivity index (χ4v) is 1.96. The molecule has 1 unspecified atom stereocenters. The third-order valence-corrected chi connectivity index (χ3v) is 2.98. The Morgan fingerprint density at radius 2 is 2.14 bits per heavy atom. The van der Waals surface area contributed by atoms with Crippen LogP contribution in [0, 0.1) is 0 Å². The van der Waals surface area contributed by atoms with Gasteiger partial charge in [0.05, 0.1) is 24.0 Å². The van der Waals surface area contributed by atoms with Crippen molar-refractivity contribution in [3.8, 4) is 0 Å². The van der Waals surface area contributed by atoms with Gasteiger partial charge in [0, 0.05) is 19.6 Å². The molecule has 1 fully saturated rings. The third kappa shape index (κ3) is 4.61. The topological polar surface area (TPSA) is 62.4 Å². The minimum Gasteiger partial charge on any atom is -0.374 e. The second-order valence-electron chi connectivity index (χ2n) is 4.58. The van der Waals surface area contributed by atoms with E-state index in [4.69, 9.17) is 4.74 Å². The van der Waals surface area contributed by atoms with Crippen molar-refractivity contribution in [2.75, 3.05) is 31.6 Å². The zero-order chi connectivity index (χ0) is 15.3. The lowest BCUT2D eigenvalue weighted by Crippen LogP contribution is -2.46. The van der Waals surface area contributed by atoms with E-state index in [-0.39, 0.29) is 18.3 Å². The van der Waals surface area contributed by atoms with E-state index < -0.39 is 17.8 Å².